The maximum absolute atomic E-state index is 5.55. The summed E-state index contributed by atoms with van der Waals surface area (Å²) in [6.45, 7) is 3.30. The molecule has 0 aromatic rings. The van der Waals surface area contributed by atoms with Crippen LogP contribution in [0.5, 0.6) is 0 Å². The first-order valence-electron chi connectivity index (χ1n) is 5.76. The van der Waals surface area contributed by atoms with E-state index in [0.29, 0.717) is 0 Å². The molecule has 74 valence electrons. The monoisotopic (exact) mass is 181 g/mol. The molecule has 2 nitrogen and oxygen atoms in total. The zero-order chi connectivity index (χ0) is 8.67. The van der Waals surface area contributed by atoms with E-state index in [1.165, 1.54) is 32.2 Å². The van der Waals surface area contributed by atoms with Gasteiger partial charge in [-0.15, -0.1) is 0 Å². The van der Waals surface area contributed by atoms with Gasteiger partial charge in [-0.25, -0.2) is 0 Å². The van der Waals surface area contributed by atoms with Crippen LogP contribution in [0.25, 0.3) is 0 Å². The van der Waals surface area contributed by atoms with Crippen LogP contribution in [0.3, 0.4) is 0 Å². The third-order valence-corrected chi connectivity index (χ3v) is 3.98. The van der Waals surface area contributed by atoms with E-state index in [1.54, 1.807) is 0 Å². The first-order valence-corrected chi connectivity index (χ1v) is 5.76. The lowest BCUT2D eigenvalue weighted by Gasteiger charge is -2.44. The van der Waals surface area contributed by atoms with Gasteiger partial charge in [0.15, 0.2) is 0 Å². The molecule has 3 rings (SSSR count). The van der Waals surface area contributed by atoms with Crippen LogP contribution in [0.1, 0.15) is 25.7 Å². The molecule has 3 atom stereocenters. The predicted octanol–water partition coefficient (Wildman–Crippen LogP) is 1.41. The van der Waals surface area contributed by atoms with Crippen molar-refractivity contribution in [1.29, 1.82) is 0 Å². The molecule has 0 radical (unpaired) electrons. The Morgan fingerprint density at radius 3 is 2.54 bits per heavy atom. The van der Waals surface area contributed by atoms with Crippen molar-refractivity contribution in [1.82, 2.24) is 5.32 Å². The summed E-state index contributed by atoms with van der Waals surface area (Å²) in [6.07, 6.45) is 5.66. The zero-order valence-corrected chi connectivity index (χ0v) is 8.17. The molecule has 2 heterocycles. The number of ether oxygens (including phenoxy) is 1. The van der Waals surface area contributed by atoms with Crippen molar-refractivity contribution in [2.45, 2.75) is 31.7 Å². The quantitative estimate of drug-likeness (QED) is 0.695. The van der Waals surface area contributed by atoms with E-state index in [1.807, 2.05) is 0 Å². The van der Waals surface area contributed by atoms with E-state index in [4.69, 9.17) is 4.74 Å². The fraction of sp³-hybridized carbons (Fsp3) is 1.00. The van der Waals surface area contributed by atoms with Crippen LogP contribution in [0.15, 0.2) is 0 Å². The Labute approximate surface area is 80.0 Å². The average molecular weight is 181 g/mol. The van der Waals surface area contributed by atoms with Crippen LogP contribution >= 0.6 is 0 Å². The molecule has 1 N–H and O–H groups in total. The van der Waals surface area contributed by atoms with E-state index in [0.717, 1.165) is 37.0 Å². The van der Waals surface area contributed by atoms with E-state index < -0.39 is 0 Å². The molecule has 1 saturated carbocycles. The molecular weight excluding hydrogens is 162 g/mol. The van der Waals surface area contributed by atoms with Crippen LogP contribution in [0.4, 0.5) is 0 Å². The lowest BCUT2D eigenvalue weighted by molar-refractivity contribution is 0.00541. The summed E-state index contributed by atoms with van der Waals surface area (Å²) >= 11 is 0. The van der Waals surface area contributed by atoms with Gasteiger partial charge < -0.3 is 10.1 Å². The van der Waals surface area contributed by atoms with Crippen LogP contribution < -0.4 is 5.32 Å². The SMILES string of the molecule is C1COCC(C2NCC2C2CC2)C1. The summed E-state index contributed by atoms with van der Waals surface area (Å²) in [5.74, 6) is 2.91. The predicted molar refractivity (Wildman–Crippen MR) is 51.5 cm³/mol. The second-order valence-electron chi connectivity index (χ2n) is 4.91. The average Bonchev–Trinajstić information content (AvgIpc) is 2.88. The molecule has 0 aromatic carbocycles. The van der Waals surface area contributed by atoms with Gasteiger partial charge in [0.2, 0.25) is 0 Å². The first kappa shape index (κ1) is 8.25. The molecular formula is C11H19NO. The van der Waals surface area contributed by atoms with Crippen LogP contribution in [-0.2, 0) is 4.74 Å². The number of hydrogen-bond acceptors (Lipinski definition) is 2. The van der Waals surface area contributed by atoms with Crippen molar-refractivity contribution in [3.05, 3.63) is 0 Å². The molecule has 2 aliphatic heterocycles. The first-order chi connectivity index (χ1) is 6.45. The fourth-order valence-electron chi connectivity index (χ4n) is 2.94. The van der Waals surface area contributed by atoms with Gasteiger partial charge in [-0.2, -0.15) is 0 Å². The summed E-state index contributed by atoms with van der Waals surface area (Å²) in [5.41, 5.74) is 0. The van der Waals surface area contributed by atoms with Gasteiger partial charge in [-0.1, -0.05) is 0 Å². The van der Waals surface area contributed by atoms with Crippen molar-refractivity contribution in [3.8, 4) is 0 Å². The normalized spacial score (nSPS) is 45.7. The van der Waals surface area contributed by atoms with Gasteiger partial charge in [0.25, 0.3) is 0 Å². The van der Waals surface area contributed by atoms with Crippen molar-refractivity contribution in [3.63, 3.8) is 0 Å². The minimum Gasteiger partial charge on any atom is -0.381 e. The van der Waals surface area contributed by atoms with E-state index >= 15 is 0 Å². The Balaban J connectivity index is 1.57. The summed E-state index contributed by atoms with van der Waals surface area (Å²) < 4.78 is 5.55. The molecule has 13 heavy (non-hydrogen) atoms. The van der Waals surface area contributed by atoms with E-state index in [2.05, 4.69) is 5.32 Å². The topological polar surface area (TPSA) is 21.3 Å². The highest BCUT2D eigenvalue weighted by Crippen LogP contribution is 2.44. The molecule has 3 aliphatic rings. The highest BCUT2D eigenvalue weighted by Gasteiger charge is 2.45. The second-order valence-corrected chi connectivity index (χ2v) is 4.91. The van der Waals surface area contributed by atoms with E-state index in [9.17, 15) is 0 Å². The highest BCUT2D eigenvalue weighted by atomic mass is 16.5. The summed E-state index contributed by atoms with van der Waals surface area (Å²) in [5, 5.41) is 3.61. The lowest BCUT2D eigenvalue weighted by Crippen LogP contribution is -2.59. The van der Waals surface area contributed by atoms with Gasteiger partial charge in [0.05, 0.1) is 6.61 Å². The molecule has 3 fully saturated rings. The maximum Gasteiger partial charge on any atom is 0.0509 e. The lowest BCUT2D eigenvalue weighted by atomic mass is 9.77. The Bertz CT molecular complexity index is 185. The molecule has 2 saturated heterocycles. The third-order valence-electron chi connectivity index (χ3n) is 3.98. The van der Waals surface area contributed by atoms with E-state index in [-0.39, 0.29) is 0 Å². The molecule has 2 heteroatoms. The van der Waals surface area contributed by atoms with Crippen molar-refractivity contribution in [2.75, 3.05) is 19.8 Å². The van der Waals surface area contributed by atoms with Gasteiger partial charge in [-0.3, -0.25) is 0 Å². The Morgan fingerprint density at radius 2 is 2.00 bits per heavy atom. The standard InChI is InChI=1S/C11H19NO/c1-2-9(7-13-5-1)11-10(6-12-11)8-3-4-8/h8-12H,1-7H2. The smallest absolute Gasteiger partial charge is 0.0509 e. The minimum atomic E-state index is 0.813. The largest absolute Gasteiger partial charge is 0.381 e. The highest BCUT2D eigenvalue weighted by molar-refractivity contribution is 5.00. The van der Waals surface area contributed by atoms with Gasteiger partial charge in [0.1, 0.15) is 0 Å². The van der Waals surface area contributed by atoms with Crippen molar-refractivity contribution >= 4 is 0 Å². The van der Waals surface area contributed by atoms with Gasteiger partial charge in [-0.05, 0) is 50.0 Å². The number of nitrogens with one attached hydrogen (secondary N) is 1. The Morgan fingerprint density at radius 1 is 1.08 bits per heavy atom. The summed E-state index contributed by atoms with van der Waals surface area (Å²) in [4.78, 5) is 0. The molecule has 1 aliphatic carbocycles. The molecule has 0 spiro atoms. The molecule has 0 bridgehead atoms. The van der Waals surface area contributed by atoms with Crippen LogP contribution in [-0.4, -0.2) is 25.8 Å². The summed E-state index contributed by atoms with van der Waals surface area (Å²) in [7, 11) is 0. The number of rotatable bonds is 2. The van der Waals surface area contributed by atoms with Gasteiger partial charge >= 0.3 is 0 Å². The number of hydrogen-bond donors (Lipinski definition) is 1. The molecule has 0 amide bonds. The fourth-order valence-corrected chi connectivity index (χ4v) is 2.94. The third kappa shape index (κ3) is 1.50. The maximum atomic E-state index is 5.55. The Hall–Kier alpha value is -0.0800. The van der Waals surface area contributed by atoms with Crippen LogP contribution in [0, 0.1) is 17.8 Å². The molecule has 3 unspecified atom stereocenters. The summed E-state index contributed by atoms with van der Waals surface area (Å²) in [6, 6.07) is 0.813. The minimum absolute atomic E-state index is 0.813. The Kier molecular flexibility index (Phi) is 2.06. The van der Waals surface area contributed by atoms with Gasteiger partial charge in [0, 0.05) is 12.6 Å². The molecule has 0 aromatic heterocycles. The van der Waals surface area contributed by atoms with Crippen LogP contribution in [0.2, 0.25) is 0 Å². The van der Waals surface area contributed by atoms with Crippen molar-refractivity contribution < 1.29 is 4.74 Å². The second kappa shape index (κ2) is 3.25. The zero-order valence-electron chi connectivity index (χ0n) is 8.17. The van der Waals surface area contributed by atoms with Crippen molar-refractivity contribution in [2.24, 2.45) is 17.8 Å².